The van der Waals surface area contributed by atoms with Gasteiger partial charge in [0, 0.05) is 0 Å². The quantitative estimate of drug-likeness (QED) is 0.0684. The van der Waals surface area contributed by atoms with Gasteiger partial charge in [0.1, 0.15) is 0 Å². The first kappa shape index (κ1) is 39.4. The fourth-order valence-electron chi connectivity index (χ4n) is 5.25. The Labute approximate surface area is 283 Å². The van der Waals surface area contributed by atoms with Gasteiger partial charge in [-0.2, -0.15) is 0 Å². The zero-order valence-corrected chi connectivity index (χ0v) is 29.0. The van der Waals surface area contributed by atoms with Gasteiger partial charge < -0.3 is 18.1 Å². The van der Waals surface area contributed by atoms with Gasteiger partial charge in [0.2, 0.25) is 0 Å². The van der Waals surface area contributed by atoms with Gasteiger partial charge in [0.25, 0.3) is 0 Å². The summed E-state index contributed by atoms with van der Waals surface area (Å²) in [5, 5.41) is 0. The second kappa shape index (κ2) is 16.3. The molecule has 4 aromatic rings. The van der Waals surface area contributed by atoms with Crippen molar-refractivity contribution >= 4 is 15.2 Å². The maximum atomic E-state index is 15.4. The number of rotatable bonds is 15. The SMILES string of the molecule is CCOP(=O)(Cc1ccc(-c2c(F)c(F)c(-c3c(F)c(F)c(-c4ccc(CP(=O)(OCC)OCC)cc4)c(F)c3F)c(F)c2F)cc1)OCC. The van der Waals surface area contributed by atoms with Gasteiger partial charge in [-0.05, 0) is 49.9 Å². The van der Waals surface area contributed by atoms with Gasteiger partial charge in [-0.15, -0.1) is 0 Å². The molecule has 0 N–H and O–H groups in total. The van der Waals surface area contributed by atoms with E-state index in [0.29, 0.717) is 11.1 Å². The summed E-state index contributed by atoms with van der Waals surface area (Å²) in [4.78, 5) is 0. The molecule has 0 amide bonds. The third-order valence-electron chi connectivity index (χ3n) is 7.32. The van der Waals surface area contributed by atoms with Crippen LogP contribution < -0.4 is 0 Å². The molecule has 16 heteroatoms. The minimum Gasteiger partial charge on any atom is -0.309 e. The summed E-state index contributed by atoms with van der Waals surface area (Å²) in [5.41, 5.74) is -6.77. The predicted molar refractivity (Wildman–Crippen MR) is 172 cm³/mol. The standard InChI is InChI=1S/C34H32F8O6P2/c1-5-45-49(43,46-6-2)17-19-9-13-21(14-10-19)23-27(35)31(39)25(32(40)28(23)36)26-33(41)29(37)24(30(38)34(26)42)22-15-11-20(12-16-22)18-50(44,47-7-3)48-8-4/h9-16H,5-8,17-18H2,1-4H3. The van der Waals surface area contributed by atoms with E-state index in [1.165, 1.54) is 24.3 Å². The average molecular weight is 751 g/mol. The van der Waals surface area contributed by atoms with Crippen LogP contribution in [0.2, 0.25) is 0 Å². The van der Waals surface area contributed by atoms with E-state index in [-0.39, 0.29) is 38.8 Å². The summed E-state index contributed by atoms with van der Waals surface area (Å²) in [6.07, 6.45) is -0.470. The normalized spacial score (nSPS) is 12.2. The van der Waals surface area contributed by atoms with Gasteiger partial charge in [0.05, 0.1) is 61.0 Å². The van der Waals surface area contributed by atoms with E-state index in [2.05, 4.69) is 0 Å². The van der Waals surface area contributed by atoms with Crippen LogP contribution in [0.1, 0.15) is 38.8 Å². The Morgan fingerprint density at radius 1 is 0.400 bits per heavy atom. The van der Waals surface area contributed by atoms with Crippen LogP contribution in [0.3, 0.4) is 0 Å². The Kier molecular flexibility index (Phi) is 12.9. The molecule has 0 atom stereocenters. The maximum absolute atomic E-state index is 15.4. The Balaban J connectivity index is 1.74. The lowest BCUT2D eigenvalue weighted by Gasteiger charge is -2.18. The lowest BCUT2D eigenvalue weighted by molar-refractivity contribution is 0.218. The summed E-state index contributed by atoms with van der Waals surface area (Å²) in [5.74, 6) is -17.7. The van der Waals surface area contributed by atoms with Gasteiger partial charge in [-0.25, -0.2) is 35.1 Å². The van der Waals surface area contributed by atoms with Crippen molar-refractivity contribution in [2.24, 2.45) is 0 Å². The van der Waals surface area contributed by atoms with Crippen molar-refractivity contribution < 1.29 is 62.3 Å². The van der Waals surface area contributed by atoms with Crippen molar-refractivity contribution in [2.45, 2.75) is 40.0 Å². The van der Waals surface area contributed by atoms with Crippen molar-refractivity contribution in [2.75, 3.05) is 26.4 Å². The van der Waals surface area contributed by atoms with E-state index < -0.39 is 95.1 Å². The second-order valence-corrected chi connectivity index (χ2v) is 14.7. The largest absolute Gasteiger partial charge is 0.335 e. The molecule has 0 saturated carbocycles. The molecular formula is C34H32F8O6P2. The molecule has 4 aromatic carbocycles. The molecule has 0 aliphatic carbocycles. The highest BCUT2D eigenvalue weighted by atomic mass is 31.2. The number of halogens is 8. The van der Waals surface area contributed by atoms with Crippen molar-refractivity contribution in [3.05, 3.63) is 106 Å². The molecule has 0 aliphatic heterocycles. The van der Waals surface area contributed by atoms with Crippen molar-refractivity contribution in [1.29, 1.82) is 0 Å². The lowest BCUT2D eigenvalue weighted by Crippen LogP contribution is -2.09. The molecule has 0 aliphatic rings. The summed E-state index contributed by atoms with van der Waals surface area (Å²) < 4.78 is 170. The molecule has 0 saturated heterocycles. The summed E-state index contributed by atoms with van der Waals surface area (Å²) in [6, 6.07) is 9.16. The topological polar surface area (TPSA) is 71.1 Å². The predicted octanol–water partition coefficient (Wildman–Crippen LogP) is 11.3. The summed E-state index contributed by atoms with van der Waals surface area (Å²) in [7, 11) is -7.16. The lowest BCUT2D eigenvalue weighted by atomic mass is 9.93. The van der Waals surface area contributed by atoms with Crippen LogP contribution in [0.15, 0.2) is 48.5 Å². The molecule has 4 rings (SSSR count). The van der Waals surface area contributed by atoms with Crippen LogP contribution in [0.5, 0.6) is 0 Å². The fourth-order valence-corrected chi connectivity index (χ4v) is 8.66. The maximum Gasteiger partial charge on any atom is 0.335 e. The first-order valence-electron chi connectivity index (χ1n) is 15.3. The molecule has 270 valence electrons. The van der Waals surface area contributed by atoms with E-state index in [9.17, 15) is 9.13 Å². The van der Waals surface area contributed by atoms with Gasteiger partial charge in [0.15, 0.2) is 46.5 Å². The average Bonchev–Trinajstić information content (AvgIpc) is 3.06. The molecule has 0 radical (unpaired) electrons. The number of hydrogen-bond acceptors (Lipinski definition) is 6. The van der Waals surface area contributed by atoms with E-state index in [4.69, 9.17) is 18.1 Å². The van der Waals surface area contributed by atoms with Crippen LogP contribution in [-0.2, 0) is 39.5 Å². The molecular weight excluding hydrogens is 718 g/mol. The van der Waals surface area contributed by atoms with Crippen LogP contribution in [0.4, 0.5) is 35.1 Å². The molecule has 6 nitrogen and oxygen atoms in total. The first-order chi connectivity index (χ1) is 23.7. The molecule has 0 bridgehead atoms. The Bertz CT molecular complexity index is 1740. The van der Waals surface area contributed by atoms with E-state index in [1.807, 2.05) is 0 Å². The Morgan fingerprint density at radius 3 is 0.840 bits per heavy atom. The van der Waals surface area contributed by atoms with Gasteiger partial charge in [-0.1, -0.05) is 48.5 Å². The van der Waals surface area contributed by atoms with Gasteiger partial charge >= 0.3 is 15.2 Å². The van der Waals surface area contributed by atoms with Crippen LogP contribution in [0.25, 0.3) is 33.4 Å². The minimum atomic E-state index is -3.58. The minimum absolute atomic E-state index is 0.0667. The monoisotopic (exact) mass is 750 g/mol. The van der Waals surface area contributed by atoms with Crippen molar-refractivity contribution in [1.82, 2.24) is 0 Å². The molecule has 0 heterocycles. The molecule has 0 aromatic heterocycles. The number of benzene rings is 4. The summed E-state index contributed by atoms with van der Waals surface area (Å²) >= 11 is 0. The fraction of sp³-hybridized carbons (Fsp3) is 0.294. The Hall–Kier alpha value is -3.38. The van der Waals surface area contributed by atoms with E-state index in [1.54, 1.807) is 27.7 Å². The van der Waals surface area contributed by atoms with Crippen molar-refractivity contribution in [3.63, 3.8) is 0 Å². The van der Waals surface area contributed by atoms with E-state index in [0.717, 1.165) is 24.3 Å². The second-order valence-electron chi connectivity index (χ2n) is 10.6. The van der Waals surface area contributed by atoms with E-state index >= 15 is 35.1 Å². The Morgan fingerprint density at radius 2 is 0.620 bits per heavy atom. The smallest absolute Gasteiger partial charge is 0.309 e. The zero-order chi connectivity index (χ0) is 37.0. The highest BCUT2D eigenvalue weighted by Gasteiger charge is 2.35. The van der Waals surface area contributed by atoms with Crippen LogP contribution >= 0.6 is 15.2 Å². The van der Waals surface area contributed by atoms with Crippen LogP contribution in [-0.4, -0.2) is 26.4 Å². The zero-order valence-electron chi connectivity index (χ0n) is 27.2. The molecule has 0 fully saturated rings. The highest BCUT2D eigenvalue weighted by Crippen LogP contribution is 2.52. The third kappa shape index (κ3) is 8.06. The third-order valence-corrected chi connectivity index (χ3v) is 11.4. The first-order valence-corrected chi connectivity index (χ1v) is 18.8. The number of hydrogen-bond donors (Lipinski definition) is 0. The molecule has 0 spiro atoms. The molecule has 50 heavy (non-hydrogen) atoms. The van der Waals surface area contributed by atoms with Gasteiger partial charge in [-0.3, -0.25) is 9.13 Å². The molecule has 0 unspecified atom stereocenters. The van der Waals surface area contributed by atoms with Crippen molar-refractivity contribution in [3.8, 4) is 33.4 Å². The van der Waals surface area contributed by atoms with Crippen LogP contribution in [0, 0.1) is 46.5 Å². The summed E-state index contributed by atoms with van der Waals surface area (Å²) in [6.45, 7) is 6.64. The highest BCUT2D eigenvalue weighted by molar-refractivity contribution is 7.53.